The standard InChI is InChI=1S/C10H11ClN2O.ClH/c11-8-1-3-9(4-2-8)13-6-5-12-7-10(13)14;/h1-4,12H,5-7H2;1H. The molecule has 0 aliphatic carbocycles. The van der Waals surface area contributed by atoms with Crippen molar-refractivity contribution >= 4 is 35.6 Å². The molecule has 0 spiro atoms. The number of rotatable bonds is 1. The third-order valence-electron chi connectivity index (χ3n) is 2.23. The maximum Gasteiger partial charge on any atom is 0.240 e. The van der Waals surface area contributed by atoms with E-state index >= 15 is 0 Å². The van der Waals surface area contributed by atoms with E-state index in [4.69, 9.17) is 11.6 Å². The van der Waals surface area contributed by atoms with E-state index in [2.05, 4.69) is 5.32 Å². The Hall–Kier alpha value is -0.770. The second kappa shape index (κ2) is 5.35. The van der Waals surface area contributed by atoms with Crippen LogP contribution in [0.3, 0.4) is 0 Å². The lowest BCUT2D eigenvalue weighted by molar-refractivity contribution is -0.118. The molecule has 0 radical (unpaired) electrons. The number of carbonyl (C=O) groups is 1. The summed E-state index contributed by atoms with van der Waals surface area (Å²) in [4.78, 5) is 13.3. The molecule has 1 aromatic carbocycles. The molecule has 82 valence electrons. The Kier molecular flexibility index (Phi) is 4.39. The lowest BCUT2D eigenvalue weighted by Crippen LogP contribution is -2.48. The Morgan fingerprint density at radius 2 is 1.93 bits per heavy atom. The molecule has 1 amide bonds. The van der Waals surface area contributed by atoms with Gasteiger partial charge in [-0.15, -0.1) is 12.4 Å². The highest BCUT2D eigenvalue weighted by Gasteiger charge is 2.18. The molecule has 1 aliphatic rings. The second-order valence-corrected chi connectivity index (χ2v) is 3.64. The van der Waals surface area contributed by atoms with E-state index in [0.717, 1.165) is 18.8 Å². The van der Waals surface area contributed by atoms with Gasteiger partial charge in [0.2, 0.25) is 5.91 Å². The summed E-state index contributed by atoms with van der Waals surface area (Å²) >= 11 is 5.77. The lowest BCUT2D eigenvalue weighted by Gasteiger charge is -2.27. The fourth-order valence-corrected chi connectivity index (χ4v) is 1.63. The SMILES string of the molecule is Cl.O=C1CNCCN1c1ccc(Cl)cc1. The number of amides is 1. The van der Waals surface area contributed by atoms with Gasteiger partial charge < -0.3 is 10.2 Å². The van der Waals surface area contributed by atoms with Gasteiger partial charge in [-0.25, -0.2) is 0 Å². The Morgan fingerprint density at radius 1 is 1.27 bits per heavy atom. The number of anilines is 1. The van der Waals surface area contributed by atoms with Crippen molar-refractivity contribution in [2.45, 2.75) is 0 Å². The minimum absolute atomic E-state index is 0. The van der Waals surface area contributed by atoms with Gasteiger partial charge in [0.25, 0.3) is 0 Å². The van der Waals surface area contributed by atoms with Crippen LogP contribution in [0.1, 0.15) is 0 Å². The Balaban J connectivity index is 0.00000112. The minimum atomic E-state index is 0. The molecule has 1 aromatic rings. The molecule has 1 heterocycles. The summed E-state index contributed by atoms with van der Waals surface area (Å²) in [5.74, 6) is 0.110. The lowest BCUT2D eigenvalue weighted by atomic mass is 10.2. The van der Waals surface area contributed by atoms with Crippen molar-refractivity contribution in [2.75, 3.05) is 24.5 Å². The van der Waals surface area contributed by atoms with Crippen molar-refractivity contribution in [2.24, 2.45) is 0 Å². The van der Waals surface area contributed by atoms with Crippen molar-refractivity contribution in [1.82, 2.24) is 5.32 Å². The average Bonchev–Trinajstić information content (AvgIpc) is 2.20. The average molecular weight is 247 g/mol. The Morgan fingerprint density at radius 3 is 2.53 bits per heavy atom. The summed E-state index contributed by atoms with van der Waals surface area (Å²) in [6, 6.07) is 7.33. The first-order valence-electron chi connectivity index (χ1n) is 4.54. The van der Waals surface area contributed by atoms with Crippen molar-refractivity contribution in [3.63, 3.8) is 0 Å². The first-order chi connectivity index (χ1) is 6.77. The van der Waals surface area contributed by atoms with Crippen LogP contribution in [0, 0.1) is 0 Å². The van der Waals surface area contributed by atoms with Crippen molar-refractivity contribution in [3.8, 4) is 0 Å². The highest BCUT2D eigenvalue weighted by Crippen LogP contribution is 2.18. The van der Waals surface area contributed by atoms with Gasteiger partial charge in [-0.05, 0) is 24.3 Å². The summed E-state index contributed by atoms with van der Waals surface area (Å²) in [6.45, 7) is 1.98. The van der Waals surface area contributed by atoms with Crippen LogP contribution in [0.15, 0.2) is 24.3 Å². The van der Waals surface area contributed by atoms with Gasteiger partial charge in [-0.2, -0.15) is 0 Å². The van der Waals surface area contributed by atoms with Crippen molar-refractivity contribution in [1.29, 1.82) is 0 Å². The number of halogens is 2. The molecule has 0 atom stereocenters. The topological polar surface area (TPSA) is 32.3 Å². The van der Waals surface area contributed by atoms with Crippen molar-refractivity contribution < 1.29 is 4.79 Å². The van der Waals surface area contributed by atoms with Crippen LogP contribution in [0.4, 0.5) is 5.69 Å². The largest absolute Gasteiger partial charge is 0.310 e. The van der Waals surface area contributed by atoms with E-state index in [0.29, 0.717) is 11.6 Å². The Bertz CT molecular complexity index is 340. The number of hydrogen-bond acceptors (Lipinski definition) is 2. The first kappa shape index (κ1) is 12.3. The highest BCUT2D eigenvalue weighted by atomic mass is 35.5. The van der Waals surface area contributed by atoms with E-state index in [1.165, 1.54) is 0 Å². The third-order valence-corrected chi connectivity index (χ3v) is 2.48. The summed E-state index contributed by atoms with van der Waals surface area (Å²) in [5.41, 5.74) is 0.918. The van der Waals surface area contributed by atoms with Crippen LogP contribution in [-0.2, 0) is 4.79 Å². The molecule has 3 nitrogen and oxygen atoms in total. The zero-order chi connectivity index (χ0) is 9.97. The fraction of sp³-hybridized carbons (Fsp3) is 0.300. The van der Waals surface area contributed by atoms with Crippen LogP contribution >= 0.6 is 24.0 Å². The molecule has 0 bridgehead atoms. The van der Waals surface area contributed by atoms with E-state index in [1.54, 1.807) is 17.0 Å². The molecule has 0 unspecified atom stereocenters. The van der Waals surface area contributed by atoms with Crippen molar-refractivity contribution in [3.05, 3.63) is 29.3 Å². The number of hydrogen-bond donors (Lipinski definition) is 1. The molecule has 1 aliphatic heterocycles. The highest BCUT2D eigenvalue weighted by molar-refractivity contribution is 6.30. The summed E-state index contributed by atoms with van der Waals surface area (Å²) in [7, 11) is 0. The molecule has 5 heteroatoms. The summed E-state index contributed by atoms with van der Waals surface area (Å²) < 4.78 is 0. The van der Waals surface area contributed by atoms with Gasteiger partial charge in [0.1, 0.15) is 0 Å². The molecule has 1 fully saturated rings. The van der Waals surface area contributed by atoms with Crippen LogP contribution < -0.4 is 10.2 Å². The molecular formula is C10H12Cl2N2O. The number of piperazine rings is 1. The fourth-order valence-electron chi connectivity index (χ4n) is 1.50. The predicted octanol–water partition coefficient (Wildman–Crippen LogP) is 1.70. The van der Waals surface area contributed by atoms with E-state index in [-0.39, 0.29) is 18.3 Å². The third kappa shape index (κ3) is 2.84. The predicted molar refractivity (Wildman–Crippen MR) is 63.9 cm³/mol. The molecule has 0 aromatic heterocycles. The van der Waals surface area contributed by atoms with Crippen LogP contribution in [0.5, 0.6) is 0 Å². The molecule has 1 N–H and O–H groups in total. The smallest absolute Gasteiger partial charge is 0.240 e. The normalized spacial score (nSPS) is 16.1. The van der Waals surface area contributed by atoms with E-state index in [1.807, 2.05) is 12.1 Å². The van der Waals surface area contributed by atoms with Gasteiger partial charge in [-0.3, -0.25) is 4.79 Å². The minimum Gasteiger partial charge on any atom is -0.310 e. The van der Waals surface area contributed by atoms with Crippen LogP contribution in [0.25, 0.3) is 0 Å². The molecule has 0 saturated carbocycles. The van der Waals surface area contributed by atoms with Gasteiger partial charge in [0.05, 0.1) is 6.54 Å². The van der Waals surface area contributed by atoms with Crippen LogP contribution in [-0.4, -0.2) is 25.5 Å². The maximum atomic E-state index is 11.5. The first-order valence-corrected chi connectivity index (χ1v) is 4.92. The second-order valence-electron chi connectivity index (χ2n) is 3.20. The Labute approximate surface area is 99.8 Å². The zero-order valence-corrected chi connectivity index (χ0v) is 9.64. The number of carbonyl (C=O) groups excluding carboxylic acids is 1. The van der Waals surface area contributed by atoms with Gasteiger partial charge in [0.15, 0.2) is 0 Å². The number of benzene rings is 1. The van der Waals surface area contributed by atoms with Crippen LogP contribution in [0.2, 0.25) is 5.02 Å². The van der Waals surface area contributed by atoms with Gasteiger partial charge in [-0.1, -0.05) is 11.6 Å². The van der Waals surface area contributed by atoms with E-state index in [9.17, 15) is 4.79 Å². The summed E-state index contributed by atoms with van der Waals surface area (Å²) in [5, 5.41) is 3.72. The quantitative estimate of drug-likeness (QED) is 0.819. The van der Waals surface area contributed by atoms with Gasteiger partial charge >= 0.3 is 0 Å². The van der Waals surface area contributed by atoms with E-state index < -0.39 is 0 Å². The number of nitrogens with one attached hydrogen (secondary N) is 1. The number of nitrogens with zero attached hydrogens (tertiary/aromatic N) is 1. The molecular weight excluding hydrogens is 235 g/mol. The zero-order valence-electron chi connectivity index (χ0n) is 8.07. The molecule has 15 heavy (non-hydrogen) atoms. The monoisotopic (exact) mass is 246 g/mol. The van der Waals surface area contributed by atoms with Gasteiger partial charge in [0, 0.05) is 23.8 Å². The maximum absolute atomic E-state index is 11.5. The molecule has 1 saturated heterocycles. The summed E-state index contributed by atoms with van der Waals surface area (Å²) in [6.07, 6.45) is 0. The molecule has 2 rings (SSSR count).